The summed E-state index contributed by atoms with van der Waals surface area (Å²) in [6.45, 7) is 3.74. The quantitative estimate of drug-likeness (QED) is 0.854. The van der Waals surface area contributed by atoms with Crippen LogP contribution in [0.5, 0.6) is 0 Å². The van der Waals surface area contributed by atoms with Crippen molar-refractivity contribution in [1.29, 1.82) is 0 Å². The molecule has 1 amide bonds. The maximum Gasteiger partial charge on any atom is 0.239 e. The number of benzene rings is 1. The number of rotatable bonds is 4. The Labute approximate surface area is 99.0 Å². The Bertz CT molecular complexity index is 382. The van der Waals surface area contributed by atoms with Gasteiger partial charge in [-0.1, -0.05) is 11.6 Å². The average Bonchev–Trinajstić information content (AvgIpc) is 2.18. The van der Waals surface area contributed by atoms with Crippen molar-refractivity contribution in [3.63, 3.8) is 0 Å². The lowest BCUT2D eigenvalue weighted by atomic mass is 10.3. The number of nitrogens with one attached hydrogen (secondary N) is 2. The molecule has 2 N–H and O–H groups in total. The van der Waals surface area contributed by atoms with Gasteiger partial charge in [-0.3, -0.25) is 4.79 Å². The summed E-state index contributed by atoms with van der Waals surface area (Å²) in [5, 5.41) is 5.80. The minimum Gasteiger partial charge on any atom is -0.374 e. The van der Waals surface area contributed by atoms with Crippen LogP contribution in [-0.4, -0.2) is 18.5 Å². The summed E-state index contributed by atoms with van der Waals surface area (Å²) in [5.74, 6) is -0.615. The van der Waals surface area contributed by atoms with E-state index in [1.807, 2.05) is 13.8 Å². The minimum atomic E-state index is -0.429. The largest absolute Gasteiger partial charge is 0.374 e. The van der Waals surface area contributed by atoms with Gasteiger partial charge in [-0.15, -0.1) is 0 Å². The maximum atomic E-state index is 13.2. The molecular formula is C11H14ClFN2O. The molecule has 0 fully saturated rings. The molecule has 0 aliphatic rings. The topological polar surface area (TPSA) is 41.1 Å². The number of hydrogen-bond donors (Lipinski definition) is 2. The number of carbonyl (C=O) groups is 1. The molecule has 0 aliphatic carbocycles. The first-order valence-electron chi connectivity index (χ1n) is 4.97. The number of amides is 1. The zero-order valence-electron chi connectivity index (χ0n) is 9.18. The number of hydrogen-bond acceptors (Lipinski definition) is 2. The smallest absolute Gasteiger partial charge is 0.239 e. The standard InChI is InChI=1S/C11H14ClFN2O/c1-7(2)15-11(16)6-14-10-5-8(12)3-4-9(10)13/h3-5,7,14H,6H2,1-2H3,(H,15,16). The third kappa shape index (κ3) is 4.06. The van der Waals surface area contributed by atoms with Crippen molar-refractivity contribution in [3.05, 3.63) is 29.0 Å². The van der Waals surface area contributed by atoms with E-state index in [-0.39, 0.29) is 24.2 Å². The summed E-state index contributed by atoms with van der Waals surface area (Å²) in [6.07, 6.45) is 0. The van der Waals surface area contributed by atoms with Crippen molar-refractivity contribution >= 4 is 23.2 Å². The summed E-state index contributed by atoms with van der Waals surface area (Å²) in [5.41, 5.74) is 0.228. The molecule has 0 heterocycles. The van der Waals surface area contributed by atoms with Crippen LogP contribution in [-0.2, 0) is 4.79 Å². The molecule has 0 spiro atoms. The van der Waals surface area contributed by atoms with Crippen LogP contribution < -0.4 is 10.6 Å². The molecule has 0 aliphatic heterocycles. The lowest BCUT2D eigenvalue weighted by molar-refractivity contribution is -0.119. The van der Waals surface area contributed by atoms with Crippen molar-refractivity contribution in [2.24, 2.45) is 0 Å². The summed E-state index contributed by atoms with van der Waals surface area (Å²) in [7, 11) is 0. The van der Waals surface area contributed by atoms with Gasteiger partial charge in [-0.25, -0.2) is 4.39 Å². The van der Waals surface area contributed by atoms with Crippen LogP contribution in [0.15, 0.2) is 18.2 Å². The maximum absolute atomic E-state index is 13.2. The van der Waals surface area contributed by atoms with Gasteiger partial charge in [0.15, 0.2) is 0 Å². The zero-order valence-corrected chi connectivity index (χ0v) is 9.94. The second kappa shape index (κ2) is 5.70. The lowest BCUT2D eigenvalue weighted by Gasteiger charge is -2.10. The van der Waals surface area contributed by atoms with E-state index in [1.165, 1.54) is 18.2 Å². The van der Waals surface area contributed by atoms with E-state index in [1.54, 1.807) is 0 Å². The number of carbonyl (C=O) groups excluding carboxylic acids is 1. The summed E-state index contributed by atoms with van der Waals surface area (Å²) in [4.78, 5) is 11.3. The third-order valence-electron chi connectivity index (χ3n) is 1.82. The predicted octanol–water partition coefficient (Wildman–Crippen LogP) is 2.42. The van der Waals surface area contributed by atoms with E-state index in [0.29, 0.717) is 5.02 Å². The Balaban J connectivity index is 2.54. The molecule has 0 unspecified atom stereocenters. The van der Waals surface area contributed by atoms with Crippen molar-refractivity contribution in [3.8, 4) is 0 Å². The zero-order chi connectivity index (χ0) is 12.1. The van der Waals surface area contributed by atoms with Crippen LogP contribution in [0.25, 0.3) is 0 Å². The van der Waals surface area contributed by atoms with Gasteiger partial charge in [0.1, 0.15) is 5.82 Å². The normalized spacial score (nSPS) is 10.3. The van der Waals surface area contributed by atoms with E-state index in [2.05, 4.69) is 10.6 Å². The molecule has 0 atom stereocenters. The lowest BCUT2D eigenvalue weighted by Crippen LogP contribution is -2.34. The highest BCUT2D eigenvalue weighted by molar-refractivity contribution is 6.30. The molecule has 1 aromatic carbocycles. The molecule has 0 saturated carbocycles. The highest BCUT2D eigenvalue weighted by atomic mass is 35.5. The monoisotopic (exact) mass is 244 g/mol. The Morgan fingerprint density at radius 1 is 1.50 bits per heavy atom. The fraction of sp³-hybridized carbons (Fsp3) is 0.364. The molecule has 16 heavy (non-hydrogen) atoms. The Hall–Kier alpha value is -1.29. The third-order valence-corrected chi connectivity index (χ3v) is 2.05. The minimum absolute atomic E-state index is 0.0233. The first-order chi connectivity index (χ1) is 7.49. The van der Waals surface area contributed by atoms with Gasteiger partial charge >= 0.3 is 0 Å². The summed E-state index contributed by atoms with van der Waals surface area (Å²) in [6, 6.07) is 4.22. The highest BCUT2D eigenvalue weighted by Gasteiger charge is 2.06. The highest BCUT2D eigenvalue weighted by Crippen LogP contribution is 2.18. The molecule has 0 bridgehead atoms. The van der Waals surface area contributed by atoms with Crippen molar-refractivity contribution < 1.29 is 9.18 Å². The van der Waals surface area contributed by atoms with Gasteiger partial charge in [0.2, 0.25) is 5.91 Å². The van der Waals surface area contributed by atoms with Crippen LogP contribution in [0.4, 0.5) is 10.1 Å². The molecular weight excluding hydrogens is 231 g/mol. The Morgan fingerprint density at radius 3 is 2.81 bits per heavy atom. The second-order valence-corrected chi connectivity index (χ2v) is 4.14. The van der Waals surface area contributed by atoms with Crippen LogP contribution in [0.3, 0.4) is 0 Å². The van der Waals surface area contributed by atoms with Gasteiger partial charge in [0.25, 0.3) is 0 Å². The molecule has 1 rings (SSSR count). The van der Waals surface area contributed by atoms with Crippen molar-refractivity contribution in [2.75, 3.05) is 11.9 Å². The Morgan fingerprint density at radius 2 is 2.19 bits per heavy atom. The van der Waals surface area contributed by atoms with Gasteiger partial charge in [-0.2, -0.15) is 0 Å². The van der Waals surface area contributed by atoms with Gasteiger partial charge < -0.3 is 10.6 Å². The van der Waals surface area contributed by atoms with Crippen LogP contribution >= 0.6 is 11.6 Å². The SMILES string of the molecule is CC(C)NC(=O)CNc1cc(Cl)ccc1F. The molecule has 0 aromatic heterocycles. The molecule has 88 valence electrons. The second-order valence-electron chi connectivity index (χ2n) is 3.70. The van der Waals surface area contributed by atoms with Crippen LogP contribution in [0.1, 0.15) is 13.8 Å². The summed E-state index contributed by atoms with van der Waals surface area (Å²) >= 11 is 5.71. The van der Waals surface area contributed by atoms with E-state index in [9.17, 15) is 9.18 Å². The van der Waals surface area contributed by atoms with Crippen molar-refractivity contribution in [1.82, 2.24) is 5.32 Å². The van der Waals surface area contributed by atoms with E-state index >= 15 is 0 Å². The van der Waals surface area contributed by atoms with Gasteiger partial charge in [-0.05, 0) is 32.0 Å². The summed E-state index contributed by atoms with van der Waals surface area (Å²) < 4.78 is 13.2. The van der Waals surface area contributed by atoms with Crippen LogP contribution in [0, 0.1) is 5.82 Å². The van der Waals surface area contributed by atoms with E-state index in [4.69, 9.17) is 11.6 Å². The molecule has 5 heteroatoms. The molecule has 0 saturated heterocycles. The van der Waals surface area contributed by atoms with Gasteiger partial charge in [0, 0.05) is 11.1 Å². The predicted molar refractivity (Wildman–Crippen MR) is 63.2 cm³/mol. The molecule has 1 aromatic rings. The average molecular weight is 245 g/mol. The van der Waals surface area contributed by atoms with Gasteiger partial charge in [0.05, 0.1) is 12.2 Å². The van der Waals surface area contributed by atoms with Crippen molar-refractivity contribution in [2.45, 2.75) is 19.9 Å². The molecule has 0 radical (unpaired) electrons. The number of anilines is 1. The van der Waals surface area contributed by atoms with Crippen LogP contribution in [0.2, 0.25) is 5.02 Å². The van der Waals surface area contributed by atoms with E-state index in [0.717, 1.165) is 0 Å². The fourth-order valence-electron chi connectivity index (χ4n) is 1.18. The first-order valence-corrected chi connectivity index (χ1v) is 5.35. The first kappa shape index (κ1) is 12.8. The fourth-order valence-corrected chi connectivity index (χ4v) is 1.35. The number of halogens is 2. The van der Waals surface area contributed by atoms with E-state index < -0.39 is 5.82 Å². The molecule has 3 nitrogen and oxygen atoms in total. The Kier molecular flexibility index (Phi) is 4.55.